The zero-order valence-corrected chi connectivity index (χ0v) is 17.7. The van der Waals surface area contributed by atoms with E-state index in [9.17, 15) is 13.2 Å². The van der Waals surface area contributed by atoms with Crippen molar-refractivity contribution in [2.24, 2.45) is 0 Å². The van der Waals surface area contributed by atoms with Gasteiger partial charge in [-0.1, -0.05) is 30.7 Å². The third-order valence-corrected chi connectivity index (χ3v) is 7.09. The molecule has 2 aromatic carbocycles. The molecule has 3 rings (SSSR count). The number of nitrogens with zero attached hydrogens (tertiary/aromatic N) is 1. The number of hydrogen-bond acceptors (Lipinski definition) is 4. The first-order valence-electron chi connectivity index (χ1n) is 9.90. The van der Waals surface area contributed by atoms with Crippen molar-refractivity contribution in [3.63, 3.8) is 0 Å². The average Bonchev–Trinajstić information content (AvgIpc) is 2.74. The number of methoxy groups -OCH3 is 1. The fourth-order valence-electron chi connectivity index (χ4n) is 3.45. The summed E-state index contributed by atoms with van der Waals surface area (Å²) in [5, 5.41) is 2.96. The van der Waals surface area contributed by atoms with Gasteiger partial charge in [0.2, 0.25) is 10.0 Å². The van der Waals surface area contributed by atoms with Crippen LogP contribution in [0.4, 0.5) is 0 Å². The SMILES string of the molecule is COc1ccc([C@@H](C)NC(=O)c2ccc(CS(=O)(=O)N3CCCCC3)cc2)cc1. The summed E-state index contributed by atoms with van der Waals surface area (Å²) >= 11 is 0. The van der Waals surface area contributed by atoms with Gasteiger partial charge in [0, 0.05) is 18.7 Å². The molecule has 1 atom stereocenters. The molecule has 1 aliphatic heterocycles. The molecule has 1 fully saturated rings. The van der Waals surface area contributed by atoms with E-state index in [0.29, 0.717) is 24.2 Å². The second-order valence-corrected chi connectivity index (χ2v) is 9.35. The number of ether oxygens (including phenoxy) is 1. The monoisotopic (exact) mass is 416 g/mol. The summed E-state index contributed by atoms with van der Waals surface area (Å²) in [5.41, 5.74) is 2.17. The van der Waals surface area contributed by atoms with E-state index in [1.54, 1.807) is 35.7 Å². The van der Waals surface area contributed by atoms with E-state index in [2.05, 4.69) is 5.32 Å². The minimum Gasteiger partial charge on any atom is -0.497 e. The van der Waals surface area contributed by atoms with Crippen molar-refractivity contribution >= 4 is 15.9 Å². The number of carbonyl (C=O) groups excluding carboxylic acids is 1. The lowest BCUT2D eigenvalue weighted by Gasteiger charge is -2.25. The van der Waals surface area contributed by atoms with Crippen LogP contribution in [0.1, 0.15) is 53.7 Å². The van der Waals surface area contributed by atoms with E-state index in [1.165, 1.54) is 0 Å². The van der Waals surface area contributed by atoms with Gasteiger partial charge in [0.05, 0.1) is 18.9 Å². The van der Waals surface area contributed by atoms with Crippen molar-refractivity contribution in [2.75, 3.05) is 20.2 Å². The summed E-state index contributed by atoms with van der Waals surface area (Å²) in [6.07, 6.45) is 2.93. The molecular formula is C22H28N2O4S. The fourth-order valence-corrected chi connectivity index (χ4v) is 5.06. The van der Waals surface area contributed by atoms with Crippen LogP contribution in [-0.4, -0.2) is 38.8 Å². The summed E-state index contributed by atoms with van der Waals surface area (Å²) in [7, 11) is -1.70. The molecule has 6 nitrogen and oxygen atoms in total. The van der Waals surface area contributed by atoms with Gasteiger partial charge in [-0.15, -0.1) is 0 Å². The van der Waals surface area contributed by atoms with Crippen LogP contribution in [0.15, 0.2) is 48.5 Å². The van der Waals surface area contributed by atoms with Gasteiger partial charge in [0.15, 0.2) is 0 Å². The van der Waals surface area contributed by atoms with E-state index < -0.39 is 10.0 Å². The number of benzene rings is 2. The van der Waals surface area contributed by atoms with Crippen LogP contribution in [0.2, 0.25) is 0 Å². The molecule has 0 saturated carbocycles. The van der Waals surface area contributed by atoms with Crippen LogP contribution in [0.3, 0.4) is 0 Å². The van der Waals surface area contributed by atoms with Crippen molar-refractivity contribution in [1.82, 2.24) is 9.62 Å². The highest BCUT2D eigenvalue weighted by Crippen LogP contribution is 2.19. The van der Waals surface area contributed by atoms with Crippen LogP contribution in [-0.2, 0) is 15.8 Å². The van der Waals surface area contributed by atoms with Crippen molar-refractivity contribution in [3.05, 3.63) is 65.2 Å². The summed E-state index contributed by atoms with van der Waals surface area (Å²) in [6, 6.07) is 14.2. The van der Waals surface area contributed by atoms with Gasteiger partial charge in [-0.05, 0) is 55.2 Å². The Labute approximate surface area is 172 Å². The Kier molecular flexibility index (Phi) is 6.92. The summed E-state index contributed by atoms with van der Waals surface area (Å²) in [4.78, 5) is 12.5. The average molecular weight is 417 g/mol. The molecule has 1 saturated heterocycles. The number of sulfonamides is 1. The molecular weight excluding hydrogens is 388 g/mol. The molecule has 0 aromatic heterocycles. The van der Waals surface area contributed by atoms with Crippen molar-refractivity contribution in [3.8, 4) is 5.75 Å². The highest BCUT2D eigenvalue weighted by molar-refractivity contribution is 7.88. The van der Waals surface area contributed by atoms with Gasteiger partial charge >= 0.3 is 0 Å². The molecule has 156 valence electrons. The topological polar surface area (TPSA) is 75.7 Å². The lowest BCUT2D eigenvalue weighted by Crippen LogP contribution is -2.36. The van der Waals surface area contributed by atoms with Gasteiger partial charge in [-0.25, -0.2) is 12.7 Å². The fraction of sp³-hybridized carbons (Fsp3) is 0.409. The number of piperidine rings is 1. The first kappa shape index (κ1) is 21.3. The molecule has 1 aliphatic rings. The third-order valence-electron chi connectivity index (χ3n) is 5.24. The minimum absolute atomic E-state index is 0.0306. The molecule has 0 radical (unpaired) electrons. The zero-order chi connectivity index (χ0) is 20.9. The zero-order valence-electron chi connectivity index (χ0n) is 16.9. The predicted octanol–water partition coefficient (Wildman–Crippen LogP) is 3.50. The maximum Gasteiger partial charge on any atom is 0.251 e. The molecule has 0 spiro atoms. The van der Waals surface area contributed by atoms with E-state index in [1.807, 2.05) is 31.2 Å². The molecule has 0 aliphatic carbocycles. The standard InChI is InChI=1S/C22H28N2O4S/c1-17(19-10-12-21(28-2)13-11-19)23-22(25)20-8-6-18(7-9-20)16-29(26,27)24-14-4-3-5-15-24/h6-13,17H,3-5,14-16H2,1-2H3,(H,23,25)/t17-/m1/s1. The molecule has 0 unspecified atom stereocenters. The lowest BCUT2D eigenvalue weighted by molar-refractivity contribution is 0.0940. The maximum absolute atomic E-state index is 12.6. The predicted molar refractivity (Wildman–Crippen MR) is 113 cm³/mol. The highest BCUT2D eigenvalue weighted by Gasteiger charge is 2.24. The molecule has 2 aromatic rings. The molecule has 1 heterocycles. The Morgan fingerprint density at radius 1 is 1.03 bits per heavy atom. The van der Waals surface area contributed by atoms with E-state index in [0.717, 1.165) is 30.6 Å². The van der Waals surface area contributed by atoms with Crippen LogP contribution >= 0.6 is 0 Å². The number of rotatable bonds is 7. The highest BCUT2D eigenvalue weighted by atomic mass is 32.2. The maximum atomic E-state index is 12.6. The summed E-state index contributed by atoms with van der Waals surface area (Å²) in [5.74, 6) is 0.540. The molecule has 1 N–H and O–H groups in total. The Balaban J connectivity index is 1.60. The minimum atomic E-state index is -3.31. The van der Waals surface area contributed by atoms with Gasteiger partial charge < -0.3 is 10.1 Å². The Morgan fingerprint density at radius 2 is 1.66 bits per heavy atom. The van der Waals surface area contributed by atoms with Crippen LogP contribution < -0.4 is 10.1 Å². The lowest BCUT2D eigenvalue weighted by atomic mass is 10.1. The number of carbonyl (C=O) groups is 1. The number of amides is 1. The summed E-state index contributed by atoms with van der Waals surface area (Å²) in [6.45, 7) is 3.12. The van der Waals surface area contributed by atoms with Crippen molar-refractivity contribution in [1.29, 1.82) is 0 Å². The van der Waals surface area contributed by atoms with Gasteiger partial charge in [0.25, 0.3) is 5.91 Å². The van der Waals surface area contributed by atoms with Gasteiger partial charge in [-0.3, -0.25) is 4.79 Å². The van der Waals surface area contributed by atoms with E-state index >= 15 is 0 Å². The number of hydrogen-bond donors (Lipinski definition) is 1. The smallest absolute Gasteiger partial charge is 0.251 e. The first-order valence-corrected chi connectivity index (χ1v) is 11.5. The normalized spacial score (nSPS) is 16.2. The summed E-state index contributed by atoms with van der Waals surface area (Å²) < 4.78 is 31.8. The van der Waals surface area contributed by atoms with E-state index in [-0.39, 0.29) is 17.7 Å². The van der Waals surface area contributed by atoms with Crippen LogP contribution in [0.25, 0.3) is 0 Å². The first-order chi connectivity index (χ1) is 13.9. The largest absolute Gasteiger partial charge is 0.497 e. The second kappa shape index (κ2) is 9.41. The third kappa shape index (κ3) is 5.58. The van der Waals surface area contributed by atoms with Crippen molar-refractivity contribution < 1.29 is 17.9 Å². The Bertz CT molecular complexity index is 918. The van der Waals surface area contributed by atoms with Crippen LogP contribution in [0.5, 0.6) is 5.75 Å². The Hall–Kier alpha value is -2.38. The molecule has 1 amide bonds. The number of nitrogens with one attached hydrogen (secondary N) is 1. The van der Waals surface area contributed by atoms with E-state index in [4.69, 9.17) is 4.74 Å². The molecule has 7 heteroatoms. The van der Waals surface area contributed by atoms with Crippen molar-refractivity contribution in [2.45, 2.75) is 38.0 Å². The second-order valence-electron chi connectivity index (χ2n) is 7.38. The molecule has 29 heavy (non-hydrogen) atoms. The van der Waals surface area contributed by atoms with Gasteiger partial charge in [0.1, 0.15) is 5.75 Å². The quantitative estimate of drug-likeness (QED) is 0.750. The molecule has 0 bridgehead atoms. The Morgan fingerprint density at radius 3 is 2.24 bits per heavy atom. The van der Waals surface area contributed by atoms with Crippen LogP contribution in [0, 0.1) is 0 Å². The van der Waals surface area contributed by atoms with Gasteiger partial charge in [-0.2, -0.15) is 0 Å².